The number of likely N-dealkylation sites (tertiary alicyclic amines) is 1. The molecule has 0 radical (unpaired) electrons. The molecule has 1 aliphatic rings. The summed E-state index contributed by atoms with van der Waals surface area (Å²) in [6.07, 6.45) is 7.20. The minimum Gasteiger partial charge on any atom is -0.496 e. The lowest BCUT2D eigenvalue weighted by Crippen LogP contribution is -2.49. The number of rotatable bonds is 7. The number of methoxy groups -OCH3 is 1. The smallest absolute Gasteiger partial charge is 0.315 e. The maximum atomic E-state index is 12.8. The van der Waals surface area contributed by atoms with Gasteiger partial charge in [0.1, 0.15) is 17.6 Å². The molecule has 2 aromatic rings. The third-order valence-electron chi connectivity index (χ3n) is 5.50. The first-order chi connectivity index (χ1) is 13.6. The Morgan fingerprint density at radius 3 is 2.89 bits per heavy atom. The van der Waals surface area contributed by atoms with Crippen molar-refractivity contribution in [1.29, 1.82) is 0 Å². The molecule has 2 amide bonds. The quantitative estimate of drug-likeness (QED) is 0.769. The summed E-state index contributed by atoms with van der Waals surface area (Å²) in [7, 11) is 3.56. The van der Waals surface area contributed by atoms with Crippen molar-refractivity contribution >= 4 is 6.03 Å². The molecular weight excluding hydrogens is 354 g/mol. The molecule has 7 heteroatoms. The Hall–Kier alpha value is -2.54. The summed E-state index contributed by atoms with van der Waals surface area (Å²) in [6, 6.07) is 7.52. The number of aryl methyl sites for hydroxylation is 1. The van der Waals surface area contributed by atoms with Gasteiger partial charge < -0.3 is 19.9 Å². The van der Waals surface area contributed by atoms with Crippen LogP contribution in [0.3, 0.4) is 0 Å². The van der Waals surface area contributed by atoms with Gasteiger partial charge in [0, 0.05) is 37.6 Å². The van der Waals surface area contributed by atoms with Crippen LogP contribution in [-0.4, -0.2) is 53.3 Å². The summed E-state index contributed by atoms with van der Waals surface area (Å²) in [5, 5.41) is 6.16. The Balaban J connectivity index is 1.73. The molecule has 1 fully saturated rings. The third kappa shape index (κ3) is 4.65. The van der Waals surface area contributed by atoms with Gasteiger partial charge in [0.2, 0.25) is 0 Å². The fourth-order valence-corrected chi connectivity index (χ4v) is 3.94. The van der Waals surface area contributed by atoms with Crippen LogP contribution in [0.25, 0.3) is 0 Å². The van der Waals surface area contributed by atoms with E-state index in [-0.39, 0.29) is 6.03 Å². The van der Waals surface area contributed by atoms with E-state index < -0.39 is 6.04 Å². The number of benzene rings is 1. The molecule has 2 heterocycles. The highest BCUT2D eigenvalue weighted by Crippen LogP contribution is 2.28. The number of piperidine rings is 1. The fourth-order valence-electron chi connectivity index (χ4n) is 3.94. The van der Waals surface area contributed by atoms with Crippen molar-refractivity contribution in [2.24, 2.45) is 7.05 Å². The number of likely N-dealkylation sites (N-methyl/N-ethyl adjacent to an activating group) is 1. The van der Waals surface area contributed by atoms with Crippen LogP contribution >= 0.6 is 0 Å². The number of ether oxygens (including phenoxy) is 1. The number of urea groups is 1. The van der Waals surface area contributed by atoms with Crippen molar-refractivity contribution in [2.75, 3.05) is 26.7 Å². The number of para-hydroxylation sites is 1. The average Bonchev–Trinajstić information content (AvgIpc) is 3.16. The summed E-state index contributed by atoms with van der Waals surface area (Å²) in [5.41, 5.74) is 0.877. The normalized spacial score (nSPS) is 18.5. The number of carbonyl (C=O) groups is 1. The van der Waals surface area contributed by atoms with Gasteiger partial charge in [-0.15, -0.1) is 0 Å². The number of nitrogens with zero attached hydrogens (tertiary/aromatic N) is 3. The zero-order chi connectivity index (χ0) is 19.9. The topological polar surface area (TPSA) is 71.4 Å². The fraction of sp³-hybridized carbons (Fsp3) is 0.524. The van der Waals surface area contributed by atoms with Crippen LogP contribution < -0.4 is 15.4 Å². The van der Waals surface area contributed by atoms with Crippen molar-refractivity contribution in [2.45, 2.75) is 38.3 Å². The number of hydrogen-bond acceptors (Lipinski definition) is 4. The predicted octanol–water partition coefficient (Wildman–Crippen LogP) is 2.69. The molecule has 152 valence electrons. The zero-order valence-electron chi connectivity index (χ0n) is 17.0. The molecule has 7 nitrogen and oxygen atoms in total. The minimum atomic E-state index is -0.398. The van der Waals surface area contributed by atoms with Gasteiger partial charge in [-0.1, -0.05) is 31.5 Å². The SMILES string of the molecule is CCN1CCCCC1CNC(=O)NC(c1ccccc1OC)c1nccn1C. The van der Waals surface area contributed by atoms with Crippen molar-refractivity contribution in [3.8, 4) is 5.75 Å². The van der Waals surface area contributed by atoms with Crippen LogP contribution in [0.15, 0.2) is 36.7 Å². The molecule has 1 aliphatic heterocycles. The van der Waals surface area contributed by atoms with Crippen LogP contribution in [-0.2, 0) is 7.05 Å². The summed E-state index contributed by atoms with van der Waals surface area (Å²) < 4.78 is 7.43. The van der Waals surface area contributed by atoms with Crippen molar-refractivity contribution in [3.05, 3.63) is 48.0 Å². The van der Waals surface area contributed by atoms with E-state index in [4.69, 9.17) is 4.74 Å². The third-order valence-corrected chi connectivity index (χ3v) is 5.50. The molecule has 2 unspecified atom stereocenters. The zero-order valence-corrected chi connectivity index (χ0v) is 17.0. The van der Waals surface area contributed by atoms with E-state index in [9.17, 15) is 4.79 Å². The van der Waals surface area contributed by atoms with Gasteiger partial charge in [-0.2, -0.15) is 0 Å². The highest BCUT2D eigenvalue weighted by molar-refractivity contribution is 5.75. The van der Waals surface area contributed by atoms with E-state index in [1.165, 1.54) is 12.8 Å². The Morgan fingerprint density at radius 2 is 2.18 bits per heavy atom. The number of amides is 2. The average molecular weight is 386 g/mol. The first kappa shape index (κ1) is 20.2. The molecule has 28 heavy (non-hydrogen) atoms. The molecule has 0 spiro atoms. The summed E-state index contributed by atoms with van der Waals surface area (Å²) >= 11 is 0. The molecule has 1 aromatic carbocycles. The van der Waals surface area contributed by atoms with Crippen LogP contribution in [0, 0.1) is 0 Å². The molecular formula is C21H31N5O2. The largest absolute Gasteiger partial charge is 0.496 e. The number of nitrogens with one attached hydrogen (secondary N) is 2. The second-order valence-electron chi connectivity index (χ2n) is 7.20. The van der Waals surface area contributed by atoms with E-state index in [0.29, 0.717) is 12.6 Å². The Labute approximate surface area is 167 Å². The number of imidazole rings is 1. The van der Waals surface area contributed by atoms with Crippen LogP contribution in [0.2, 0.25) is 0 Å². The molecule has 3 rings (SSSR count). The molecule has 1 saturated heterocycles. The predicted molar refractivity (Wildman–Crippen MR) is 109 cm³/mol. The van der Waals surface area contributed by atoms with E-state index in [0.717, 1.165) is 36.6 Å². The molecule has 2 N–H and O–H groups in total. The Bertz CT molecular complexity index is 776. The monoisotopic (exact) mass is 385 g/mol. The van der Waals surface area contributed by atoms with Crippen LogP contribution in [0.4, 0.5) is 4.79 Å². The van der Waals surface area contributed by atoms with Crippen molar-refractivity contribution in [1.82, 2.24) is 25.1 Å². The number of carbonyl (C=O) groups excluding carboxylic acids is 1. The van der Waals surface area contributed by atoms with Gasteiger partial charge in [-0.05, 0) is 32.0 Å². The first-order valence-electron chi connectivity index (χ1n) is 10.0. The van der Waals surface area contributed by atoms with Crippen molar-refractivity contribution in [3.63, 3.8) is 0 Å². The lowest BCUT2D eigenvalue weighted by atomic mass is 10.0. The Morgan fingerprint density at radius 1 is 1.36 bits per heavy atom. The second-order valence-corrected chi connectivity index (χ2v) is 7.20. The second kappa shape index (κ2) is 9.59. The van der Waals surface area contributed by atoms with Crippen molar-refractivity contribution < 1.29 is 9.53 Å². The molecule has 2 atom stereocenters. The van der Waals surface area contributed by atoms with Gasteiger partial charge in [-0.25, -0.2) is 9.78 Å². The number of aromatic nitrogens is 2. The maximum Gasteiger partial charge on any atom is 0.315 e. The molecule has 0 aliphatic carbocycles. The van der Waals surface area contributed by atoms with E-state index in [1.54, 1.807) is 13.3 Å². The van der Waals surface area contributed by atoms with Gasteiger partial charge in [-0.3, -0.25) is 4.90 Å². The van der Waals surface area contributed by atoms with Crippen LogP contribution in [0.5, 0.6) is 5.75 Å². The molecule has 1 aromatic heterocycles. The highest BCUT2D eigenvalue weighted by Gasteiger charge is 2.25. The van der Waals surface area contributed by atoms with Gasteiger partial charge in [0.15, 0.2) is 0 Å². The standard InChI is InChI=1S/C21H31N5O2/c1-4-26-13-8-7-9-16(26)15-23-21(27)24-19(20-22-12-14-25(20)2)17-10-5-6-11-18(17)28-3/h5-6,10-12,14,16,19H,4,7-9,13,15H2,1-3H3,(H2,23,24,27). The molecule has 0 bridgehead atoms. The van der Waals surface area contributed by atoms with E-state index >= 15 is 0 Å². The summed E-state index contributed by atoms with van der Waals surface area (Å²) in [5.74, 6) is 1.48. The first-order valence-corrected chi connectivity index (χ1v) is 10.0. The minimum absolute atomic E-state index is 0.194. The summed E-state index contributed by atoms with van der Waals surface area (Å²) in [4.78, 5) is 19.6. The molecule has 0 saturated carbocycles. The summed E-state index contributed by atoms with van der Waals surface area (Å²) in [6.45, 7) is 4.96. The lowest BCUT2D eigenvalue weighted by Gasteiger charge is -2.35. The highest BCUT2D eigenvalue weighted by atomic mass is 16.5. The van der Waals surface area contributed by atoms with E-state index in [1.807, 2.05) is 42.1 Å². The van der Waals surface area contributed by atoms with Gasteiger partial charge >= 0.3 is 6.03 Å². The maximum absolute atomic E-state index is 12.8. The van der Waals surface area contributed by atoms with Gasteiger partial charge in [0.05, 0.1) is 7.11 Å². The van der Waals surface area contributed by atoms with E-state index in [2.05, 4.69) is 27.4 Å². The Kier molecular flexibility index (Phi) is 6.92. The number of hydrogen-bond donors (Lipinski definition) is 2. The van der Waals surface area contributed by atoms with Crippen LogP contribution in [0.1, 0.15) is 43.6 Å². The van der Waals surface area contributed by atoms with Gasteiger partial charge in [0.25, 0.3) is 0 Å². The lowest BCUT2D eigenvalue weighted by molar-refractivity contribution is 0.153.